The third kappa shape index (κ3) is 7.81. The van der Waals surface area contributed by atoms with Gasteiger partial charge in [-0.1, -0.05) is 12.1 Å². The number of amides is 2. The molecule has 272 valence electrons. The molecule has 49 heavy (non-hydrogen) atoms. The molecular formula is C34H49N2O12P. The van der Waals surface area contributed by atoms with Crippen molar-refractivity contribution in [3.63, 3.8) is 0 Å². The maximum Gasteiger partial charge on any atom is 0.410 e. The van der Waals surface area contributed by atoms with Crippen LogP contribution in [-0.4, -0.2) is 103 Å². The van der Waals surface area contributed by atoms with Crippen LogP contribution in [0.25, 0.3) is 0 Å². The molecule has 15 heteroatoms. The maximum absolute atomic E-state index is 14.5. The van der Waals surface area contributed by atoms with Crippen LogP contribution in [0.1, 0.15) is 66.4 Å². The van der Waals surface area contributed by atoms with Crippen molar-refractivity contribution in [1.29, 1.82) is 0 Å². The van der Waals surface area contributed by atoms with Crippen LogP contribution in [0, 0.1) is 17.3 Å². The van der Waals surface area contributed by atoms with Crippen LogP contribution in [-0.2, 0) is 53.5 Å². The fourth-order valence-corrected chi connectivity index (χ4v) is 9.26. The summed E-state index contributed by atoms with van der Waals surface area (Å²) in [7, 11) is -2.30. The summed E-state index contributed by atoms with van der Waals surface area (Å²) in [6.45, 7) is 9.78. The number of nitrogens with zero attached hydrogens (tertiary/aromatic N) is 2. The van der Waals surface area contributed by atoms with Gasteiger partial charge in [-0.25, -0.2) is 4.79 Å². The van der Waals surface area contributed by atoms with Gasteiger partial charge in [-0.05, 0) is 78.0 Å². The number of carbonyl (C=O) groups excluding carboxylic acids is 5. The van der Waals surface area contributed by atoms with Crippen LogP contribution in [0.2, 0.25) is 0 Å². The summed E-state index contributed by atoms with van der Waals surface area (Å²) in [5, 5.41) is 0. The van der Waals surface area contributed by atoms with Crippen molar-refractivity contribution in [3.8, 4) is 5.75 Å². The summed E-state index contributed by atoms with van der Waals surface area (Å²) in [5.74, 6) is -2.39. The van der Waals surface area contributed by atoms with Gasteiger partial charge in [0, 0.05) is 19.0 Å². The summed E-state index contributed by atoms with van der Waals surface area (Å²) in [4.78, 5) is 71.8. The zero-order chi connectivity index (χ0) is 36.2. The second-order valence-electron chi connectivity index (χ2n) is 13.6. The van der Waals surface area contributed by atoms with E-state index in [1.54, 1.807) is 77.8 Å². The van der Waals surface area contributed by atoms with Gasteiger partial charge in [-0.3, -0.25) is 18.9 Å². The van der Waals surface area contributed by atoms with E-state index in [2.05, 4.69) is 0 Å². The number of esters is 2. The number of benzene rings is 1. The lowest BCUT2D eigenvalue weighted by Crippen LogP contribution is -2.75. The lowest BCUT2D eigenvalue weighted by Gasteiger charge is -2.61. The minimum Gasteiger partial charge on any atom is -0.497 e. The van der Waals surface area contributed by atoms with Crippen LogP contribution in [0.5, 0.6) is 5.75 Å². The van der Waals surface area contributed by atoms with Crippen molar-refractivity contribution < 1.29 is 56.5 Å². The Morgan fingerprint density at radius 3 is 2.20 bits per heavy atom. The standard InChI is InChI=1S/C34H49N2O12P/c1-8-44-27(38)18-34-26-15-16-35(31(41)48-32(4,5)6)30(34)33(21-37,22-45-28(39)20-49(42,46-9-2)47-10-3)17-25(26)29(40)36(34)19-23-11-13-24(43-7)14-12-23/h11-14,21,25-26,30H,8-10,15-20,22H2,1-7H3/t25-,26-,30+,33-,34+/m1/s1. The van der Waals surface area contributed by atoms with Gasteiger partial charge in [0.15, 0.2) is 0 Å². The molecule has 1 saturated carbocycles. The van der Waals surface area contributed by atoms with Crippen molar-refractivity contribution in [2.45, 2.75) is 84.5 Å². The monoisotopic (exact) mass is 708 g/mol. The van der Waals surface area contributed by atoms with Crippen molar-refractivity contribution in [1.82, 2.24) is 9.80 Å². The van der Waals surface area contributed by atoms with Crippen molar-refractivity contribution in [2.24, 2.45) is 17.3 Å². The van der Waals surface area contributed by atoms with Gasteiger partial charge in [-0.2, -0.15) is 0 Å². The maximum atomic E-state index is 14.5. The third-order valence-electron chi connectivity index (χ3n) is 9.40. The third-order valence-corrected chi connectivity index (χ3v) is 11.3. The quantitative estimate of drug-likeness (QED) is 0.110. The first kappa shape index (κ1) is 38.3. The van der Waals surface area contributed by atoms with E-state index >= 15 is 0 Å². The van der Waals surface area contributed by atoms with E-state index in [9.17, 15) is 28.5 Å². The first-order valence-corrected chi connectivity index (χ1v) is 18.4. The molecule has 0 radical (unpaired) electrons. The normalized spacial score (nSPS) is 26.3. The number of rotatable bonds is 15. The number of carbonyl (C=O) groups is 5. The van der Waals surface area contributed by atoms with Gasteiger partial charge in [0.2, 0.25) is 5.91 Å². The Morgan fingerprint density at radius 2 is 1.65 bits per heavy atom. The Hall–Kier alpha value is -3.48. The molecule has 1 aliphatic carbocycles. The Labute approximate surface area is 287 Å². The van der Waals surface area contributed by atoms with E-state index in [-0.39, 0.29) is 51.7 Å². The van der Waals surface area contributed by atoms with Gasteiger partial charge in [-0.15, -0.1) is 0 Å². The molecule has 14 nitrogen and oxygen atoms in total. The molecule has 3 aliphatic rings. The largest absolute Gasteiger partial charge is 0.497 e. The molecule has 4 bridgehead atoms. The first-order chi connectivity index (χ1) is 23.1. The minimum atomic E-state index is -3.84. The predicted octanol–water partition coefficient (Wildman–Crippen LogP) is 4.37. The fraction of sp³-hybridized carbons (Fsp3) is 0.676. The fourth-order valence-electron chi connectivity index (χ4n) is 7.81. The lowest BCUT2D eigenvalue weighted by molar-refractivity contribution is -0.175. The molecule has 0 N–H and O–H groups in total. The van der Waals surface area contributed by atoms with Gasteiger partial charge >= 0.3 is 25.6 Å². The number of hydrogen-bond acceptors (Lipinski definition) is 12. The molecule has 2 saturated heterocycles. The molecule has 2 amide bonds. The Kier molecular flexibility index (Phi) is 11.9. The average Bonchev–Trinajstić information content (AvgIpc) is 3.18. The molecule has 0 aromatic heterocycles. The van der Waals surface area contributed by atoms with Gasteiger partial charge < -0.3 is 42.6 Å². The lowest BCUT2D eigenvalue weighted by atomic mass is 9.53. The van der Waals surface area contributed by atoms with Crippen LogP contribution < -0.4 is 4.74 Å². The summed E-state index contributed by atoms with van der Waals surface area (Å²) < 4.78 is 45.9. The summed E-state index contributed by atoms with van der Waals surface area (Å²) in [5.41, 5.74) is -3.27. The number of likely N-dealkylation sites (tertiary alicyclic amines) is 2. The topological polar surface area (TPSA) is 164 Å². The Bertz CT molecular complexity index is 1440. The number of ether oxygens (including phenoxy) is 4. The number of hydrogen-bond donors (Lipinski definition) is 0. The highest BCUT2D eigenvalue weighted by Gasteiger charge is 2.75. The first-order valence-electron chi connectivity index (χ1n) is 16.7. The highest BCUT2D eigenvalue weighted by atomic mass is 31.2. The molecule has 3 fully saturated rings. The highest BCUT2D eigenvalue weighted by Crippen LogP contribution is 2.62. The Morgan fingerprint density at radius 1 is 1.00 bits per heavy atom. The van der Waals surface area contributed by atoms with Crippen molar-refractivity contribution >= 4 is 37.8 Å². The smallest absolute Gasteiger partial charge is 0.410 e. The Balaban J connectivity index is 1.85. The van der Waals surface area contributed by atoms with Crippen LogP contribution >= 0.6 is 7.60 Å². The van der Waals surface area contributed by atoms with E-state index in [4.69, 9.17) is 28.0 Å². The van der Waals surface area contributed by atoms with Crippen LogP contribution in [0.4, 0.5) is 4.79 Å². The molecule has 2 heterocycles. The summed E-state index contributed by atoms with van der Waals surface area (Å²) in [6, 6.07) is 5.96. The highest BCUT2D eigenvalue weighted by molar-refractivity contribution is 7.54. The molecule has 0 spiro atoms. The number of aldehydes is 1. The molecule has 5 atom stereocenters. The average molecular weight is 709 g/mol. The molecule has 1 aromatic carbocycles. The molecular weight excluding hydrogens is 659 g/mol. The zero-order valence-electron chi connectivity index (χ0n) is 29.4. The summed E-state index contributed by atoms with van der Waals surface area (Å²) >= 11 is 0. The minimum absolute atomic E-state index is 0.0291. The predicted molar refractivity (Wildman–Crippen MR) is 176 cm³/mol. The number of methoxy groups -OCH3 is 1. The van der Waals surface area contributed by atoms with Crippen molar-refractivity contribution in [3.05, 3.63) is 29.8 Å². The van der Waals surface area contributed by atoms with E-state index in [1.807, 2.05) is 0 Å². The van der Waals surface area contributed by atoms with E-state index < -0.39 is 72.8 Å². The second kappa shape index (κ2) is 15.2. The molecule has 2 aliphatic heterocycles. The van der Waals surface area contributed by atoms with Crippen molar-refractivity contribution in [2.75, 3.05) is 46.2 Å². The second-order valence-corrected chi connectivity index (χ2v) is 15.7. The summed E-state index contributed by atoms with van der Waals surface area (Å²) in [6.07, 6.45) is -0.851. The van der Waals surface area contributed by atoms with E-state index in [0.717, 1.165) is 5.56 Å². The number of piperidine rings is 1. The van der Waals surface area contributed by atoms with E-state index in [0.29, 0.717) is 18.5 Å². The molecule has 0 unspecified atom stereocenters. The SMILES string of the molecule is CCOC(=O)C[C@]12[C@@H]3CCN(C(=O)OC(C)(C)C)[C@H]1[C@](C=O)(COC(=O)CP(=O)(OCC)OCC)C[C@H]3C(=O)N2Cc1ccc(OC)cc1. The van der Waals surface area contributed by atoms with Gasteiger partial charge in [0.1, 0.15) is 30.4 Å². The molecule has 4 rings (SSSR count). The van der Waals surface area contributed by atoms with Gasteiger partial charge in [0.05, 0.1) is 50.3 Å². The zero-order valence-corrected chi connectivity index (χ0v) is 30.3. The van der Waals surface area contributed by atoms with Crippen LogP contribution in [0.3, 0.4) is 0 Å². The molecule has 1 aromatic rings. The van der Waals surface area contributed by atoms with Gasteiger partial charge in [0.25, 0.3) is 0 Å². The van der Waals surface area contributed by atoms with E-state index in [1.165, 1.54) is 4.90 Å². The van der Waals surface area contributed by atoms with Crippen LogP contribution in [0.15, 0.2) is 24.3 Å².